The number of rotatable bonds is 5. The summed E-state index contributed by atoms with van der Waals surface area (Å²) in [4.78, 5) is 13.4. The smallest absolute Gasteiger partial charge is 0.272 e. The van der Waals surface area contributed by atoms with Crippen LogP contribution >= 0.6 is 27.7 Å². The molecular formula is C27H32BrN3OS. The summed E-state index contributed by atoms with van der Waals surface area (Å²) in [5.41, 5.74) is 5.96. The molecule has 4 aliphatic carbocycles. The average molecular weight is 527 g/mol. The highest BCUT2D eigenvalue weighted by Crippen LogP contribution is 2.61. The molecule has 5 atom stereocenters. The van der Waals surface area contributed by atoms with Crippen molar-refractivity contribution < 1.29 is 4.79 Å². The van der Waals surface area contributed by atoms with Crippen LogP contribution in [-0.2, 0) is 13.0 Å². The Kier molecular flexibility index (Phi) is 5.33. The van der Waals surface area contributed by atoms with Crippen molar-refractivity contribution in [2.24, 2.45) is 23.2 Å². The number of halogens is 1. The number of thioether (sulfide) groups is 1. The Bertz CT molecular complexity index is 1130. The minimum absolute atomic E-state index is 0.0150. The quantitative estimate of drug-likeness (QED) is 0.517. The molecule has 6 heteroatoms. The molecule has 7 rings (SSSR count). The zero-order chi connectivity index (χ0) is 22.9. The SMILES string of the molecule is Cc1ccc(Cn2nc(C(=O)NCC3CCC4CC3C4(C)C)c3c2C2C=C(Br)SC2C3)cc1. The number of benzene rings is 1. The van der Waals surface area contributed by atoms with Crippen LogP contribution in [0.3, 0.4) is 0 Å². The van der Waals surface area contributed by atoms with E-state index >= 15 is 0 Å². The first-order chi connectivity index (χ1) is 15.8. The van der Waals surface area contributed by atoms with E-state index in [0.717, 1.165) is 30.4 Å². The minimum Gasteiger partial charge on any atom is -0.350 e. The number of aryl methyl sites for hydroxylation is 1. The van der Waals surface area contributed by atoms with E-state index < -0.39 is 0 Å². The molecule has 5 aliphatic rings. The molecule has 174 valence electrons. The minimum atomic E-state index is 0.0150. The molecule has 4 nitrogen and oxygen atoms in total. The van der Waals surface area contributed by atoms with Crippen LogP contribution in [0.2, 0.25) is 0 Å². The van der Waals surface area contributed by atoms with Gasteiger partial charge in [0.1, 0.15) is 0 Å². The Labute approximate surface area is 209 Å². The first kappa shape index (κ1) is 22.0. The molecule has 1 aromatic heterocycles. The number of allylic oxidation sites excluding steroid dienone is 1. The highest BCUT2D eigenvalue weighted by molar-refractivity contribution is 9.14. The third-order valence-corrected chi connectivity index (χ3v) is 10.9. The largest absolute Gasteiger partial charge is 0.350 e. The van der Waals surface area contributed by atoms with Gasteiger partial charge in [-0.25, -0.2) is 0 Å². The summed E-state index contributed by atoms with van der Waals surface area (Å²) in [5.74, 6) is 2.58. The number of hydrogen-bond acceptors (Lipinski definition) is 3. The lowest BCUT2D eigenvalue weighted by atomic mass is 9.45. The van der Waals surface area contributed by atoms with Gasteiger partial charge in [-0.05, 0) is 77.3 Å². The van der Waals surface area contributed by atoms with E-state index in [1.54, 1.807) is 0 Å². The van der Waals surface area contributed by atoms with Gasteiger partial charge in [0.25, 0.3) is 5.91 Å². The molecule has 1 N–H and O–H groups in total. The number of amides is 1. The summed E-state index contributed by atoms with van der Waals surface area (Å²) in [6, 6.07) is 8.63. The van der Waals surface area contributed by atoms with Crippen LogP contribution in [0.25, 0.3) is 0 Å². The Balaban J connectivity index is 1.25. The molecule has 0 spiro atoms. The fraction of sp³-hybridized carbons (Fsp3) is 0.556. The van der Waals surface area contributed by atoms with E-state index in [1.165, 1.54) is 39.9 Å². The van der Waals surface area contributed by atoms with Crippen LogP contribution in [0.5, 0.6) is 0 Å². The van der Waals surface area contributed by atoms with Crippen LogP contribution in [0.15, 0.2) is 34.2 Å². The Morgan fingerprint density at radius 1 is 1.27 bits per heavy atom. The molecule has 0 saturated heterocycles. The number of nitrogens with zero attached hydrogens (tertiary/aromatic N) is 2. The lowest BCUT2D eigenvalue weighted by Crippen LogP contribution is -2.54. The molecule has 0 radical (unpaired) electrons. The standard InChI is InChI=1S/C27H32BrN3OS/c1-15-4-6-16(7-5-15)14-31-25-19-12-23(28)33-22(19)11-20(25)24(30-31)26(32)29-13-17-8-9-18-10-21(17)27(18,2)3/h4-7,12,17-19,21-22H,8-11,13-14H2,1-3H3,(H,29,32). The number of hydrogen-bond donors (Lipinski definition) is 1. The fourth-order valence-electron chi connectivity index (χ4n) is 6.90. The van der Waals surface area contributed by atoms with Gasteiger partial charge in [0, 0.05) is 27.1 Å². The maximum absolute atomic E-state index is 13.4. The normalized spacial score (nSPS) is 30.9. The van der Waals surface area contributed by atoms with E-state index in [4.69, 9.17) is 5.10 Å². The van der Waals surface area contributed by atoms with Crippen LogP contribution in [-0.4, -0.2) is 27.5 Å². The van der Waals surface area contributed by atoms with Crippen LogP contribution in [0.4, 0.5) is 0 Å². The first-order valence-electron chi connectivity index (χ1n) is 12.3. The summed E-state index contributed by atoms with van der Waals surface area (Å²) in [5, 5.41) is 8.68. The number of nitrogens with one attached hydrogen (secondary N) is 1. The zero-order valence-corrected chi connectivity index (χ0v) is 22.0. The van der Waals surface area contributed by atoms with Gasteiger partial charge in [-0.3, -0.25) is 9.48 Å². The van der Waals surface area contributed by atoms with Gasteiger partial charge in [0.2, 0.25) is 0 Å². The molecule has 1 aromatic carbocycles. The maximum atomic E-state index is 13.4. The summed E-state index contributed by atoms with van der Waals surface area (Å²) in [6.07, 6.45) is 7.11. The van der Waals surface area contributed by atoms with Crippen molar-refractivity contribution in [3.8, 4) is 0 Å². The molecule has 33 heavy (non-hydrogen) atoms. The molecule has 2 bridgehead atoms. The Hall–Kier alpha value is -1.53. The van der Waals surface area contributed by atoms with Crippen molar-refractivity contribution in [1.82, 2.24) is 15.1 Å². The fourth-order valence-corrected chi connectivity index (χ4v) is 9.02. The average Bonchev–Trinajstić information content (AvgIpc) is 3.43. The molecule has 2 heterocycles. The maximum Gasteiger partial charge on any atom is 0.272 e. The number of carbonyl (C=O) groups is 1. The van der Waals surface area contributed by atoms with E-state index in [-0.39, 0.29) is 5.91 Å². The second kappa shape index (κ2) is 8.01. The Morgan fingerprint density at radius 3 is 2.79 bits per heavy atom. The third-order valence-electron chi connectivity index (χ3n) is 8.98. The second-order valence-electron chi connectivity index (χ2n) is 11.1. The third kappa shape index (κ3) is 3.63. The van der Waals surface area contributed by atoms with Crippen molar-refractivity contribution >= 4 is 33.6 Å². The van der Waals surface area contributed by atoms with Crippen molar-refractivity contribution in [3.05, 3.63) is 62.2 Å². The second-order valence-corrected chi connectivity index (χ2v) is 13.8. The van der Waals surface area contributed by atoms with Crippen LogP contribution in [0.1, 0.15) is 71.9 Å². The first-order valence-corrected chi connectivity index (χ1v) is 14.0. The van der Waals surface area contributed by atoms with E-state index in [0.29, 0.717) is 34.7 Å². The highest BCUT2D eigenvalue weighted by atomic mass is 79.9. The van der Waals surface area contributed by atoms with Gasteiger partial charge in [-0.1, -0.05) is 49.8 Å². The lowest BCUT2D eigenvalue weighted by Gasteiger charge is -2.60. The zero-order valence-electron chi connectivity index (χ0n) is 19.6. The number of fused-ring (bicyclic) bond motifs is 5. The van der Waals surface area contributed by atoms with Crippen LogP contribution in [0, 0.1) is 30.1 Å². The number of aromatic nitrogens is 2. The summed E-state index contributed by atoms with van der Waals surface area (Å²) < 4.78 is 3.30. The van der Waals surface area contributed by atoms with Crippen LogP contribution < -0.4 is 5.32 Å². The van der Waals surface area contributed by atoms with Crippen molar-refractivity contribution in [2.45, 2.75) is 64.2 Å². The molecule has 2 aromatic rings. The van der Waals surface area contributed by atoms with Gasteiger partial charge in [-0.2, -0.15) is 5.10 Å². The monoisotopic (exact) mass is 525 g/mol. The topological polar surface area (TPSA) is 46.9 Å². The summed E-state index contributed by atoms with van der Waals surface area (Å²) in [7, 11) is 0. The van der Waals surface area contributed by atoms with Crippen molar-refractivity contribution in [3.63, 3.8) is 0 Å². The van der Waals surface area contributed by atoms with Gasteiger partial charge >= 0.3 is 0 Å². The lowest BCUT2D eigenvalue weighted by molar-refractivity contribution is -0.103. The van der Waals surface area contributed by atoms with E-state index in [2.05, 4.69) is 77.0 Å². The van der Waals surface area contributed by atoms with E-state index in [9.17, 15) is 4.79 Å². The van der Waals surface area contributed by atoms with Gasteiger partial charge < -0.3 is 5.32 Å². The van der Waals surface area contributed by atoms with E-state index in [1.807, 2.05) is 11.8 Å². The molecular weight excluding hydrogens is 494 g/mol. The van der Waals surface area contributed by atoms with Crippen molar-refractivity contribution in [1.29, 1.82) is 0 Å². The summed E-state index contributed by atoms with van der Waals surface area (Å²) >= 11 is 5.56. The molecule has 1 amide bonds. The predicted molar refractivity (Wildman–Crippen MR) is 138 cm³/mol. The van der Waals surface area contributed by atoms with Gasteiger partial charge in [0.15, 0.2) is 5.69 Å². The molecule has 3 fully saturated rings. The predicted octanol–water partition coefficient (Wildman–Crippen LogP) is 6.03. The highest BCUT2D eigenvalue weighted by Gasteiger charge is 2.54. The Morgan fingerprint density at radius 2 is 2.06 bits per heavy atom. The summed E-state index contributed by atoms with van der Waals surface area (Å²) in [6.45, 7) is 8.43. The molecule has 3 saturated carbocycles. The molecule has 5 unspecified atom stereocenters. The van der Waals surface area contributed by atoms with Crippen molar-refractivity contribution in [2.75, 3.05) is 6.54 Å². The van der Waals surface area contributed by atoms with Gasteiger partial charge in [-0.15, -0.1) is 11.8 Å². The number of carbonyl (C=O) groups excluding carboxylic acids is 1. The molecule has 1 aliphatic heterocycles. The van der Waals surface area contributed by atoms with Gasteiger partial charge in [0.05, 0.1) is 12.2 Å².